The van der Waals surface area contributed by atoms with Crippen LogP contribution in [0.4, 0.5) is 4.79 Å². The largest absolute Gasteiger partial charge is 0.414 e. The second kappa shape index (κ2) is 17.5. The van der Waals surface area contributed by atoms with Gasteiger partial charge < -0.3 is 30.4 Å². The van der Waals surface area contributed by atoms with E-state index in [9.17, 15) is 9.59 Å². The van der Waals surface area contributed by atoms with Crippen molar-refractivity contribution in [1.29, 1.82) is 5.41 Å². The van der Waals surface area contributed by atoms with Gasteiger partial charge in [-0.2, -0.15) is 0 Å². The Morgan fingerprint density at radius 1 is 1.05 bits per heavy atom. The number of nitrogens with one attached hydrogen (secondary N) is 4. The van der Waals surface area contributed by atoms with Crippen LogP contribution in [0.15, 0.2) is 72.5 Å². The van der Waals surface area contributed by atoms with Crippen molar-refractivity contribution < 1.29 is 14.3 Å². The zero-order chi connectivity index (χ0) is 32.8. The highest BCUT2D eigenvalue weighted by molar-refractivity contribution is 5.74. The normalized spacial score (nSPS) is 13.7. The average Bonchev–Trinajstić information content (AvgIpc) is 3.00. The third-order valence-corrected chi connectivity index (χ3v) is 7.90. The maximum absolute atomic E-state index is 13.7. The Labute approximate surface area is 263 Å². The fourth-order valence-corrected chi connectivity index (χ4v) is 5.33. The van der Waals surface area contributed by atoms with Crippen LogP contribution in [0.1, 0.15) is 58.1 Å². The van der Waals surface area contributed by atoms with E-state index in [4.69, 9.17) is 15.9 Å². The maximum atomic E-state index is 13.7. The van der Waals surface area contributed by atoms with Crippen LogP contribution >= 0.6 is 0 Å². The van der Waals surface area contributed by atoms with Crippen LogP contribution in [0.5, 0.6) is 0 Å². The van der Waals surface area contributed by atoms with Crippen LogP contribution < -0.4 is 21.9 Å². The van der Waals surface area contributed by atoms with Crippen molar-refractivity contribution in [3.8, 4) is 0 Å². The molecule has 242 valence electrons. The summed E-state index contributed by atoms with van der Waals surface area (Å²) in [6, 6.07) is 20.3. The van der Waals surface area contributed by atoms with Crippen molar-refractivity contribution in [1.82, 2.24) is 26.0 Å². The molecule has 2 atom stereocenters. The van der Waals surface area contributed by atoms with Gasteiger partial charge in [0, 0.05) is 32.7 Å². The van der Waals surface area contributed by atoms with Gasteiger partial charge in [-0.3, -0.25) is 10.8 Å². The molecule has 44 heavy (non-hydrogen) atoms. The Hall–Kier alpha value is -3.73. The van der Waals surface area contributed by atoms with Gasteiger partial charge in [0.05, 0.1) is 11.5 Å². The lowest BCUT2D eigenvalue weighted by atomic mass is 9.68. The van der Waals surface area contributed by atoms with E-state index in [1.54, 1.807) is 11.9 Å². The van der Waals surface area contributed by atoms with E-state index < -0.39 is 11.5 Å². The zero-order valence-electron chi connectivity index (χ0n) is 27.5. The number of carbonyl (C=O) groups is 2. The lowest BCUT2D eigenvalue weighted by Gasteiger charge is -2.40. The Kier molecular flexibility index (Phi) is 14.5. The molecular weight excluding hydrogens is 554 g/mol. The van der Waals surface area contributed by atoms with Gasteiger partial charge in [-0.15, -0.1) is 0 Å². The summed E-state index contributed by atoms with van der Waals surface area (Å²) in [5.74, 6) is 0.504. The molecular formula is C34H53N7O3. The van der Waals surface area contributed by atoms with Gasteiger partial charge in [0.1, 0.15) is 12.0 Å². The molecule has 0 aliphatic rings. The number of ether oxygens (including phenoxy) is 1. The lowest BCUT2D eigenvalue weighted by molar-refractivity contribution is -0.110. The number of aldehydes is 1. The number of nitrogens with zero attached hydrogens (tertiary/aromatic N) is 2. The molecule has 6 N–H and O–H groups in total. The first-order valence-corrected chi connectivity index (χ1v) is 15.2. The second-order valence-electron chi connectivity index (χ2n) is 12.4. The van der Waals surface area contributed by atoms with Crippen molar-refractivity contribution in [3.05, 3.63) is 83.6 Å². The van der Waals surface area contributed by atoms with Crippen LogP contribution in [-0.2, 0) is 14.9 Å². The SMILES string of the molecule is C/C=C(\OC(=O)N(C)CC(C)(C)CNN[C@H](C=O)CCCNC(=N)N)C(CC(C)N(C)C)(c1ccccc1)c1ccccc1. The number of hydrogen-bond acceptors (Lipinski definition) is 7. The topological polar surface area (TPSA) is 136 Å². The third kappa shape index (κ3) is 10.8. The molecule has 1 amide bonds. The van der Waals surface area contributed by atoms with E-state index in [1.165, 1.54) is 0 Å². The number of benzene rings is 2. The number of guanidine groups is 1. The number of amides is 1. The number of hydrogen-bond donors (Lipinski definition) is 5. The average molecular weight is 608 g/mol. The molecule has 2 aromatic rings. The molecule has 0 aromatic heterocycles. The summed E-state index contributed by atoms with van der Waals surface area (Å²) in [6.45, 7) is 9.65. The molecule has 10 heteroatoms. The van der Waals surface area contributed by atoms with E-state index >= 15 is 0 Å². The summed E-state index contributed by atoms with van der Waals surface area (Å²) in [5, 5.41) is 9.96. The van der Waals surface area contributed by atoms with E-state index in [0.717, 1.165) is 17.4 Å². The van der Waals surface area contributed by atoms with Gasteiger partial charge in [0.15, 0.2) is 5.96 Å². The minimum Gasteiger partial charge on any atom is -0.414 e. The summed E-state index contributed by atoms with van der Waals surface area (Å²) >= 11 is 0. The number of carbonyl (C=O) groups excluding carboxylic acids is 2. The van der Waals surface area contributed by atoms with Gasteiger partial charge in [0.25, 0.3) is 0 Å². The van der Waals surface area contributed by atoms with Crippen LogP contribution in [0.2, 0.25) is 0 Å². The monoisotopic (exact) mass is 607 g/mol. The summed E-state index contributed by atoms with van der Waals surface area (Å²) in [6.07, 6.45) is 4.32. The summed E-state index contributed by atoms with van der Waals surface area (Å²) in [5.41, 5.74) is 12.6. The predicted octanol–water partition coefficient (Wildman–Crippen LogP) is 4.24. The molecule has 2 rings (SSSR count). The van der Waals surface area contributed by atoms with Crippen LogP contribution in [0.3, 0.4) is 0 Å². The molecule has 0 aliphatic carbocycles. The minimum atomic E-state index is -0.692. The predicted molar refractivity (Wildman–Crippen MR) is 178 cm³/mol. The Morgan fingerprint density at radius 2 is 1.61 bits per heavy atom. The molecule has 0 heterocycles. The standard InChI is InChI=1S/C34H53N7O3/c1-8-30(34(22-26(2)40(5)6,27-16-11-9-12-17-27)28-18-13-10-14-19-28)44-32(43)41(7)25-33(3,4)24-38-39-29(23-42)20-15-21-37-31(35)36/h8-14,16-19,23,26,29,38-39H,15,20-22,24-25H2,1-7H3,(H4,35,36,37)/b30-8-/t26?,29-/m0/s1. The van der Waals surface area contributed by atoms with Crippen molar-refractivity contribution in [2.45, 2.75) is 64.5 Å². The highest BCUT2D eigenvalue weighted by Gasteiger charge is 2.42. The van der Waals surface area contributed by atoms with Crippen molar-refractivity contribution in [3.63, 3.8) is 0 Å². The maximum Gasteiger partial charge on any atom is 0.414 e. The van der Waals surface area contributed by atoms with Gasteiger partial charge in [-0.25, -0.2) is 10.2 Å². The quantitative estimate of drug-likeness (QED) is 0.0424. The van der Waals surface area contributed by atoms with Gasteiger partial charge in [-0.05, 0) is 69.8 Å². The van der Waals surface area contributed by atoms with Crippen LogP contribution in [-0.4, -0.2) is 81.0 Å². The van der Waals surface area contributed by atoms with Crippen LogP contribution in [0.25, 0.3) is 0 Å². The first kappa shape index (κ1) is 36.5. The molecule has 0 spiro atoms. The molecule has 2 aromatic carbocycles. The van der Waals surface area contributed by atoms with E-state index in [1.807, 2.05) is 63.2 Å². The molecule has 0 radical (unpaired) electrons. The van der Waals surface area contributed by atoms with Gasteiger partial charge >= 0.3 is 6.09 Å². The zero-order valence-corrected chi connectivity index (χ0v) is 27.5. The Balaban J connectivity index is 2.20. The molecule has 1 unspecified atom stereocenters. The summed E-state index contributed by atoms with van der Waals surface area (Å²) in [4.78, 5) is 29.0. The molecule has 0 bridgehead atoms. The van der Waals surface area contributed by atoms with Crippen molar-refractivity contribution in [2.24, 2.45) is 11.1 Å². The second-order valence-corrected chi connectivity index (χ2v) is 12.4. The van der Waals surface area contributed by atoms with Gasteiger partial charge in [0.2, 0.25) is 0 Å². The summed E-state index contributed by atoms with van der Waals surface area (Å²) < 4.78 is 6.31. The summed E-state index contributed by atoms with van der Waals surface area (Å²) in [7, 11) is 5.87. The van der Waals surface area contributed by atoms with Crippen LogP contribution in [0, 0.1) is 10.8 Å². The molecule has 0 saturated heterocycles. The van der Waals surface area contributed by atoms with Crippen molar-refractivity contribution in [2.75, 3.05) is 40.8 Å². The fourth-order valence-electron chi connectivity index (χ4n) is 5.33. The number of hydrazine groups is 1. The fraction of sp³-hybridized carbons (Fsp3) is 0.500. The number of allylic oxidation sites excluding steroid dienone is 2. The Bertz CT molecular complexity index is 1160. The van der Waals surface area contributed by atoms with E-state index in [2.05, 4.69) is 66.4 Å². The molecule has 0 aliphatic heterocycles. The lowest BCUT2D eigenvalue weighted by Crippen LogP contribution is -2.49. The smallest absolute Gasteiger partial charge is 0.414 e. The molecule has 10 nitrogen and oxygen atoms in total. The minimum absolute atomic E-state index is 0.0846. The molecule has 0 fully saturated rings. The Morgan fingerprint density at radius 3 is 2.09 bits per heavy atom. The number of rotatable bonds is 18. The van der Waals surface area contributed by atoms with Gasteiger partial charge in [-0.1, -0.05) is 74.5 Å². The molecule has 0 saturated carbocycles. The first-order chi connectivity index (χ1) is 20.9. The first-order valence-electron chi connectivity index (χ1n) is 15.2. The highest BCUT2D eigenvalue weighted by Crippen LogP contribution is 2.44. The number of nitrogens with two attached hydrogens (primary N) is 1. The highest BCUT2D eigenvalue weighted by atomic mass is 16.6. The third-order valence-electron chi connectivity index (χ3n) is 7.90. The van der Waals surface area contributed by atoms with Crippen molar-refractivity contribution >= 4 is 18.3 Å². The van der Waals surface area contributed by atoms with E-state index in [-0.39, 0.29) is 23.5 Å². The van der Waals surface area contributed by atoms with E-state index in [0.29, 0.717) is 44.7 Å².